The summed E-state index contributed by atoms with van der Waals surface area (Å²) in [6.45, 7) is 0.985. The molecule has 0 spiro atoms. The lowest BCUT2D eigenvalue weighted by Crippen LogP contribution is -2.54. The molecule has 92 valence electrons. The maximum atomic E-state index is 12.4. The van der Waals surface area contributed by atoms with Gasteiger partial charge in [-0.2, -0.15) is 13.2 Å². The van der Waals surface area contributed by atoms with Crippen LogP contribution in [0.1, 0.15) is 12.8 Å². The molecule has 4 nitrogen and oxygen atoms in total. The van der Waals surface area contributed by atoms with Crippen LogP contribution in [0.2, 0.25) is 0 Å². The zero-order chi connectivity index (χ0) is 11.8. The molecular weight excluding hydrogens is 225 g/mol. The van der Waals surface area contributed by atoms with Crippen molar-refractivity contribution in [1.82, 2.24) is 10.2 Å². The topological polar surface area (TPSA) is 41.6 Å². The van der Waals surface area contributed by atoms with Crippen molar-refractivity contribution in [2.45, 2.75) is 31.1 Å². The number of carbonyl (C=O) groups is 1. The van der Waals surface area contributed by atoms with E-state index in [4.69, 9.17) is 4.74 Å². The molecule has 2 atom stereocenters. The molecule has 0 aliphatic carbocycles. The number of cyclic esters (lactones) is 1. The number of amides is 1. The minimum absolute atomic E-state index is 0.0119. The lowest BCUT2D eigenvalue weighted by Gasteiger charge is -2.34. The first kappa shape index (κ1) is 11.5. The van der Waals surface area contributed by atoms with Crippen LogP contribution in [0.25, 0.3) is 0 Å². The fraction of sp³-hybridized carbons (Fsp3) is 0.889. The van der Waals surface area contributed by atoms with Gasteiger partial charge in [0.05, 0.1) is 6.54 Å². The monoisotopic (exact) mass is 238 g/mol. The van der Waals surface area contributed by atoms with Gasteiger partial charge in [0.15, 0.2) is 0 Å². The second kappa shape index (κ2) is 4.12. The minimum atomic E-state index is -4.20. The summed E-state index contributed by atoms with van der Waals surface area (Å²) in [5, 5.41) is 2.43. The van der Waals surface area contributed by atoms with E-state index < -0.39 is 18.3 Å². The maximum absolute atomic E-state index is 12.4. The highest BCUT2D eigenvalue weighted by Crippen LogP contribution is 2.28. The normalized spacial score (nSPS) is 31.7. The van der Waals surface area contributed by atoms with Crippen molar-refractivity contribution in [3.63, 3.8) is 0 Å². The van der Waals surface area contributed by atoms with Crippen molar-refractivity contribution in [1.29, 1.82) is 0 Å². The molecule has 2 rings (SSSR count). The van der Waals surface area contributed by atoms with Crippen molar-refractivity contribution < 1.29 is 22.7 Å². The lowest BCUT2D eigenvalue weighted by molar-refractivity contribution is -0.162. The van der Waals surface area contributed by atoms with Crippen molar-refractivity contribution in [2.75, 3.05) is 19.7 Å². The van der Waals surface area contributed by atoms with Crippen molar-refractivity contribution in [2.24, 2.45) is 0 Å². The van der Waals surface area contributed by atoms with Crippen LogP contribution in [0, 0.1) is 0 Å². The second-order valence-corrected chi connectivity index (χ2v) is 4.04. The molecule has 7 heteroatoms. The van der Waals surface area contributed by atoms with Gasteiger partial charge in [-0.15, -0.1) is 0 Å². The molecule has 2 saturated heterocycles. The molecule has 2 unspecified atom stereocenters. The van der Waals surface area contributed by atoms with Gasteiger partial charge in [-0.3, -0.25) is 0 Å². The molecule has 0 aromatic heterocycles. The first-order valence-corrected chi connectivity index (χ1v) is 5.22. The quantitative estimate of drug-likeness (QED) is 0.744. The predicted octanol–water partition coefficient (Wildman–Crippen LogP) is 1.12. The first-order valence-electron chi connectivity index (χ1n) is 5.22. The molecule has 0 radical (unpaired) electrons. The molecule has 0 bridgehead atoms. The molecule has 1 amide bonds. The van der Waals surface area contributed by atoms with Crippen molar-refractivity contribution in [3.8, 4) is 0 Å². The van der Waals surface area contributed by atoms with Gasteiger partial charge in [-0.25, -0.2) is 4.79 Å². The van der Waals surface area contributed by atoms with Crippen LogP contribution in [0.15, 0.2) is 0 Å². The van der Waals surface area contributed by atoms with Crippen LogP contribution in [0.4, 0.5) is 18.0 Å². The number of rotatable bonds is 1. The Morgan fingerprint density at radius 2 is 2.12 bits per heavy atom. The van der Waals surface area contributed by atoms with Crippen LogP contribution >= 0.6 is 0 Å². The lowest BCUT2D eigenvalue weighted by atomic mass is 9.99. The van der Waals surface area contributed by atoms with Gasteiger partial charge in [-0.05, 0) is 12.8 Å². The van der Waals surface area contributed by atoms with Crippen LogP contribution in [-0.4, -0.2) is 48.9 Å². The van der Waals surface area contributed by atoms with Crippen LogP contribution in [0.3, 0.4) is 0 Å². The summed E-state index contributed by atoms with van der Waals surface area (Å²) in [7, 11) is 0. The minimum Gasteiger partial charge on any atom is -0.448 e. The zero-order valence-electron chi connectivity index (χ0n) is 8.59. The van der Waals surface area contributed by atoms with Gasteiger partial charge in [0, 0.05) is 12.6 Å². The summed E-state index contributed by atoms with van der Waals surface area (Å²) < 4.78 is 41.8. The van der Waals surface area contributed by atoms with Gasteiger partial charge in [0.25, 0.3) is 0 Å². The number of piperidine rings is 1. The number of carbonyl (C=O) groups excluding carboxylic acids is 1. The summed E-state index contributed by atoms with van der Waals surface area (Å²) in [5.41, 5.74) is 0. The highest BCUT2D eigenvalue weighted by molar-refractivity contribution is 5.69. The highest BCUT2D eigenvalue weighted by atomic mass is 19.4. The Balaban J connectivity index is 1.88. The third kappa shape index (κ3) is 2.23. The first-order chi connectivity index (χ1) is 7.48. The van der Waals surface area contributed by atoms with E-state index in [0.717, 1.165) is 0 Å². The van der Waals surface area contributed by atoms with E-state index in [0.29, 0.717) is 19.6 Å². The maximum Gasteiger partial charge on any atom is 0.410 e. The molecule has 2 heterocycles. The van der Waals surface area contributed by atoms with Gasteiger partial charge in [-0.1, -0.05) is 0 Å². The number of hydrogen-bond acceptors (Lipinski definition) is 3. The average molecular weight is 238 g/mol. The van der Waals surface area contributed by atoms with Crippen LogP contribution < -0.4 is 5.32 Å². The fourth-order valence-electron chi connectivity index (χ4n) is 2.12. The molecule has 1 N–H and O–H groups in total. The molecule has 0 aromatic rings. The Morgan fingerprint density at radius 1 is 1.38 bits per heavy atom. The van der Waals surface area contributed by atoms with E-state index in [1.54, 1.807) is 0 Å². The second-order valence-electron chi connectivity index (χ2n) is 4.04. The molecule has 2 aliphatic heterocycles. The number of ether oxygens (including phenoxy) is 1. The summed E-state index contributed by atoms with van der Waals surface area (Å²) in [6, 6.07) is -1.61. The Labute approximate surface area is 90.7 Å². The average Bonchev–Trinajstić information content (AvgIpc) is 2.63. The Kier molecular flexibility index (Phi) is 2.96. The summed E-state index contributed by atoms with van der Waals surface area (Å²) in [6.07, 6.45) is -4.24. The Hall–Kier alpha value is -0.980. The number of halogens is 3. The smallest absolute Gasteiger partial charge is 0.410 e. The highest BCUT2D eigenvalue weighted by Gasteiger charge is 2.43. The molecule has 16 heavy (non-hydrogen) atoms. The number of alkyl halides is 3. The number of nitrogens with zero attached hydrogens (tertiary/aromatic N) is 1. The molecule has 2 fully saturated rings. The Bertz CT molecular complexity index is 274. The number of nitrogens with one attached hydrogen (secondary N) is 1. The van der Waals surface area contributed by atoms with E-state index >= 15 is 0 Å². The van der Waals surface area contributed by atoms with Crippen LogP contribution in [0.5, 0.6) is 0 Å². The predicted molar refractivity (Wildman–Crippen MR) is 48.9 cm³/mol. The summed E-state index contributed by atoms with van der Waals surface area (Å²) in [4.78, 5) is 12.7. The third-order valence-electron chi connectivity index (χ3n) is 3.02. The van der Waals surface area contributed by atoms with E-state index in [-0.39, 0.29) is 19.0 Å². The van der Waals surface area contributed by atoms with Crippen molar-refractivity contribution >= 4 is 6.09 Å². The van der Waals surface area contributed by atoms with E-state index in [9.17, 15) is 18.0 Å². The molecular formula is C9H13F3N2O2. The van der Waals surface area contributed by atoms with E-state index in [1.165, 1.54) is 4.90 Å². The fourth-order valence-corrected chi connectivity index (χ4v) is 2.12. The molecule has 2 aliphatic rings. The molecule has 0 aromatic carbocycles. The number of hydrogen-bond donors (Lipinski definition) is 1. The van der Waals surface area contributed by atoms with E-state index in [1.807, 2.05) is 0 Å². The zero-order valence-corrected chi connectivity index (χ0v) is 8.59. The standard InChI is InChI=1S/C9H13F3N2O2/c10-9(11,12)7-2-1-6(5-13-7)14-3-4-16-8(14)15/h6-7,13H,1-5H2. The van der Waals surface area contributed by atoms with Gasteiger partial charge < -0.3 is 15.0 Å². The van der Waals surface area contributed by atoms with Crippen LogP contribution in [-0.2, 0) is 4.74 Å². The van der Waals surface area contributed by atoms with E-state index in [2.05, 4.69) is 5.32 Å². The third-order valence-corrected chi connectivity index (χ3v) is 3.02. The van der Waals surface area contributed by atoms with Gasteiger partial charge in [0.1, 0.15) is 12.6 Å². The van der Waals surface area contributed by atoms with Crippen molar-refractivity contribution in [3.05, 3.63) is 0 Å². The SMILES string of the molecule is O=C1OCCN1C1CCC(C(F)(F)F)NC1. The largest absolute Gasteiger partial charge is 0.448 e. The summed E-state index contributed by atoms with van der Waals surface area (Å²) in [5.74, 6) is 0. The van der Waals surface area contributed by atoms with Gasteiger partial charge in [0.2, 0.25) is 0 Å². The Morgan fingerprint density at radius 3 is 2.56 bits per heavy atom. The molecule has 0 saturated carbocycles. The van der Waals surface area contributed by atoms with Gasteiger partial charge >= 0.3 is 12.3 Å². The summed E-state index contributed by atoms with van der Waals surface area (Å²) >= 11 is 0.